The summed E-state index contributed by atoms with van der Waals surface area (Å²) in [6, 6.07) is 8.63. The third kappa shape index (κ3) is 3.18. The molecule has 1 heterocycles. The van der Waals surface area contributed by atoms with Gasteiger partial charge >= 0.3 is 0 Å². The van der Waals surface area contributed by atoms with Crippen LogP contribution in [0.5, 0.6) is 0 Å². The van der Waals surface area contributed by atoms with Gasteiger partial charge in [0.25, 0.3) is 0 Å². The summed E-state index contributed by atoms with van der Waals surface area (Å²) in [5.74, 6) is 0. The van der Waals surface area contributed by atoms with E-state index >= 15 is 0 Å². The van der Waals surface area contributed by atoms with Crippen LogP contribution in [0.1, 0.15) is 13.3 Å². The Morgan fingerprint density at radius 2 is 2.00 bits per heavy atom. The average molecular weight is 248 g/mol. The van der Waals surface area contributed by atoms with E-state index in [2.05, 4.69) is 35.8 Å². The Kier molecular flexibility index (Phi) is 4.90. The Morgan fingerprint density at radius 3 is 2.83 bits per heavy atom. The molecule has 3 heteroatoms. The molecule has 1 aromatic rings. The van der Waals surface area contributed by atoms with Crippen molar-refractivity contribution in [2.45, 2.75) is 13.3 Å². The molecule has 0 saturated carbocycles. The van der Waals surface area contributed by atoms with Crippen LogP contribution in [0.15, 0.2) is 24.3 Å². The molecule has 1 aliphatic heterocycles. The van der Waals surface area contributed by atoms with Crippen LogP contribution in [-0.4, -0.2) is 40.0 Å². The lowest BCUT2D eigenvalue weighted by Gasteiger charge is -2.10. The van der Waals surface area contributed by atoms with Crippen LogP contribution in [0.3, 0.4) is 0 Å². The molecule has 2 rings (SSSR count). The Hall–Kier alpha value is -1.19. The first-order chi connectivity index (χ1) is 8.83. The highest BCUT2D eigenvalue weighted by Gasteiger charge is 2.13. The highest BCUT2D eigenvalue weighted by Crippen LogP contribution is 1.99. The Bertz CT molecular complexity index is 507. The predicted octanol–water partition coefficient (Wildman–Crippen LogP) is 0.415. The van der Waals surface area contributed by atoms with E-state index in [1.807, 2.05) is 0 Å². The summed E-state index contributed by atoms with van der Waals surface area (Å²) in [5, 5.41) is 2.73. The molecule has 0 saturated heterocycles. The zero-order valence-electron chi connectivity index (χ0n) is 11.3. The van der Waals surface area contributed by atoms with Crippen molar-refractivity contribution < 1.29 is 9.47 Å². The Balaban J connectivity index is 2.08. The van der Waals surface area contributed by atoms with E-state index in [4.69, 9.17) is 9.47 Å². The largest absolute Gasteiger partial charge is 0.382 e. The van der Waals surface area contributed by atoms with Crippen LogP contribution in [0.25, 0.3) is 5.57 Å². The first-order valence-electron chi connectivity index (χ1n) is 6.56. The van der Waals surface area contributed by atoms with Gasteiger partial charge in [-0.1, -0.05) is 17.7 Å². The molecule has 0 aromatic heterocycles. The number of fused-ring (bicyclic) bond motifs is 1. The van der Waals surface area contributed by atoms with Gasteiger partial charge in [0.15, 0.2) is 6.54 Å². The molecule has 0 N–H and O–H groups in total. The van der Waals surface area contributed by atoms with Gasteiger partial charge in [0.1, 0.15) is 13.2 Å². The number of methoxy groups -OCH3 is 1. The molecule has 3 nitrogen and oxygen atoms in total. The van der Waals surface area contributed by atoms with Crippen LogP contribution >= 0.6 is 0 Å². The van der Waals surface area contributed by atoms with Crippen LogP contribution < -0.4 is 15.2 Å². The second kappa shape index (κ2) is 6.66. The van der Waals surface area contributed by atoms with Gasteiger partial charge in [-0.3, -0.25) is 0 Å². The van der Waals surface area contributed by atoms with Gasteiger partial charge < -0.3 is 9.47 Å². The summed E-state index contributed by atoms with van der Waals surface area (Å²) in [6.07, 6.45) is 1.15. The van der Waals surface area contributed by atoms with Gasteiger partial charge in [0.05, 0.1) is 13.2 Å². The summed E-state index contributed by atoms with van der Waals surface area (Å²) in [5.41, 5.74) is 1.49. The smallest absolute Gasteiger partial charge is 0.207 e. The van der Waals surface area contributed by atoms with Crippen LogP contribution in [0.2, 0.25) is 0 Å². The Morgan fingerprint density at radius 1 is 1.17 bits per heavy atom. The molecule has 0 aliphatic carbocycles. The van der Waals surface area contributed by atoms with Gasteiger partial charge in [0.2, 0.25) is 5.36 Å². The number of para-hydroxylation sites is 1. The molecule has 0 unspecified atom stereocenters. The van der Waals surface area contributed by atoms with Crippen molar-refractivity contribution in [2.75, 3.05) is 40.0 Å². The minimum absolute atomic E-state index is 0.670. The minimum atomic E-state index is 0.670. The topological polar surface area (TPSA) is 21.5 Å². The standard InChI is InChI=1S/C15H22NO2/c1-13-7-8-16(9-10-18-12-11-17-2)15-6-4-3-5-14(13)15/h3-6H,7-12H2,1-2H3/q+1. The quantitative estimate of drug-likeness (QED) is 0.537. The number of hydrogen-bond acceptors (Lipinski definition) is 2. The zero-order chi connectivity index (χ0) is 12.8. The van der Waals surface area contributed by atoms with Gasteiger partial charge in [-0.15, -0.1) is 0 Å². The van der Waals surface area contributed by atoms with E-state index in [9.17, 15) is 0 Å². The van der Waals surface area contributed by atoms with Crippen molar-refractivity contribution >= 4 is 5.57 Å². The van der Waals surface area contributed by atoms with E-state index in [1.165, 1.54) is 16.1 Å². The normalized spacial score (nSPS) is 14.8. The predicted molar refractivity (Wildman–Crippen MR) is 73.1 cm³/mol. The molecule has 0 spiro atoms. The third-order valence-electron chi connectivity index (χ3n) is 3.40. The lowest BCUT2D eigenvalue weighted by Crippen LogP contribution is -2.46. The Labute approximate surface area is 108 Å². The zero-order valence-corrected chi connectivity index (χ0v) is 11.3. The number of ether oxygens (including phenoxy) is 2. The number of hydrogen-bond donors (Lipinski definition) is 0. The highest BCUT2D eigenvalue weighted by atomic mass is 16.5. The fraction of sp³-hybridized carbons (Fsp3) is 0.533. The van der Waals surface area contributed by atoms with E-state index in [0.717, 1.165) is 26.1 Å². The molecule has 1 aromatic carbocycles. The van der Waals surface area contributed by atoms with E-state index in [1.54, 1.807) is 7.11 Å². The molecule has 0 bridgehead atoms. The van der Waals surface area contributed by atoms with Crippen molar-refractivity contribution in [3.63, 3.8) is 0 Å². The maximum Gasteiger partial charge on any atom is 0.207 e. The molecule has 0 atom stereocenters. The second-order valence-corrected chi connectivity index (χ2v) is 4.64. The van der Waals surface area contributed by atoms with E-state index in [-0.39, 0.29) is 0 Å². The fourth-order valence-electron chi connectivity index (χ4n) is 2.32. The maximum absolute atomic E-state index is 5.55. The molecular formula is C15H22NO2+. The molecular weight excluding hydrogens is 226 g/mol. The lowest BCUT2D eigenvalue weighted by atomic mass is 10.1. The number of rotatable bonds is 6. The first kappa shape index (κ1) is 13.2. The van der Waals surface area contributed by atoms with E-state index in [0.29, 0.717) is 13.2 Å². The van der Waals surface area contributed by atoms with Crippen LogP contribution in [0.4, 0.5) is 0 Å². The van der Waals surface area contributed by atoms with Gasteiger partial charge in [-0.05, 0) is 13.0 Å². The molecule has 98 valence electrons. The SMILES string of the molecule is COCCOCC[N+]1=c2ccccc2=C(C)CC1. The van der Waals surface area contributed by atoms with Crippen molar-refractivity contribution in [3.05, 3.63) is 34.8 Å². The summed E-state index contributed by atoms with van der Waals surface area (Å²) in [7, 11) is 1.70. The fourth-order valence-corrected chi connectivity index (χ4v) is 2.32. The van der Waals surface area contributed by atoms with Crippen molar-refractivity contribution in [3.8, 4) is 0 Å². The summed E-state index contributed by atoms with van der Waals surface area (Å²) >= 11 is 0. The molecule has 0 fully saturated rings. The third-order valence-corrected chi connectivity index (χ3v) is 3.40. The van der Waals surface area contributed by atoms with E-state index < -0.39 is 0 Å². The lowest BCUT2D eigenvalue weighted by molar-refractivity contribution is 0.0701. The minimum Gasteiger partial charge on any atom is -0.382 e. The monoisotopic (exact) mass is 248 g/mol. The first-order valence-corrected chi connectivity index (χ1v) is 6.56. The molecule has 18 heavy (non-hydrogen) atoms. The molecule has 0 amide bonds. The molecule has 1 aliphatic rings. The molecule has 0 radical (unpaired) electrons. The summed E-state index contributed by atoms with van der Waals surface area (Å²) in [6.45, 7) is 6.38. The maximum atomic E-state index is 5.55. The van der Waals surface area contributed by atoms with Gasteiger partial charge in [-0.25, -0.2) is 4.58 Å². The second-order valence-electron chi connectivity index (χ2n) is 4.64. The van der Waals surface area contributed by atoms with Crippen molar-refractivity contribution in [2.24, 2.45) is 0 Å². The number of benzene rings is 1. The number of nitrogens with zero attached hydrogens (tertiary/aromatic N) is 1. The van der Waals surface area contributed by atoms with Crippen molar-refractivity contribution in [1.82, 2.24) is 4.58 Å². The summed E-state index contributed by atoms with van der Waals surface area (Å²) in [4.78, 5) is 0. The summed E-state index contributed by atoms with van der Waals surface area (Å²) < 4.78 is 12.9. The van der Waals surface area contributed by atoms with Gasteiger partial charge in [0, 0.05) is 24.8 Å². The van der Waals surface area contributed by atoms with Crippen LogP contribution in [0, 0.1) is 0 Å². The van der Waals surface area contributed by atoms with Crippen LogP contribution in [-0.2, 0) is 9.47 Å². The van der Waals surface area contributed by atoms with Gasteiger partial charge in [-0.2, -0.15) is 0 Å². The highest BCUT2D eigenvalue weighted by molar-refractivity contribution is 5.42. The average Bonchev–Trinajstić information content (AvgIpc) is 2.41. The van der Waals surface area contributed by atoms with Crippen molar-refractivity contribution in [1.29, 1.82) is 0 Å².